The zero-order valence-electron chi connectivity index (χ0n) is 8.66. The number of hydrogen-bond acceptors (Lipinski definition) is 2. The second-order valence-corrected chi connectivity index (χ2v) is 3.21. The molecule has 14 heavy (non-hydrogen) atoms. The highest BCUT2D eigenvalue weighted by molar-refractivity contribution is 4.59. The molecule has 0 fully saturated rings. The Balaban J connectivity index is 3.52. The van der Waals surface area contributed by atoms with Gasteiger partial charge in [0.2, 0.25) is 0 Å². The third-order valence-electron chi connectivity index (χ3n) is 1.88. The first kappa shape index (κ1) is 13.7. The van der Waals surface area contributed by atoms with E-state index >= 15 is 0 Å². The molecule has 0 radical (unpaired) electrons. The highest BCUT2D eigenvalue weighted by atomic mass is 19.4. The van der Waals surface area contributed by atoms with Crippen molar-refractivity contribution in [3.8, 4) is 0 Å². The first-order valence-electron chi connectivity index (χ1n) is 4.84. The van der Waals surface area contributed by atoms with Crippen LogP contribution in [-0.4, -0.2) is 32.5 Å². The summed E-state index contributed by atoms with van der Waals surface area (Å²) in [4.78, 5) is 0. The summed E-state index contributed by atoms with van der Waals surface area (Å²) in [6.07, 6.45) is -3.39. The van der Waals surface area contributed by atoms with E-state index in [9.17, 15) is 13.2 Å². The molecule has 0 aromatic rings. The summed E-state index contributed by atoms with van der Waals surface area (Å²) in [5.41, 5.74) is 0. The van der Waals surface area contributed by atoms with E-state index in [0.717, 1.165) is 13.0 Å². The van der Waals surface area contributed by atoms with E-state index in [4.69, 9.17) is 0 Å². The van der Waals surface area contributed by atoms with Gasteiger partial charge in [0.1, 0.15) is 6.61 Å². The maximum Gasteiger partial charge on any atom is 0.411 e. The molecule has 5 heteroatoms. The lowest BCUT2D eigenvalue weighted by Crippen LogP contribution is -2.27. The van der Waals surface area contributed by atoms with Crippen molar-refractivity contribution < 1.29 is 17.9 Å². The van der Waals surface area contributed by atoms with Crippen LogP contribution in [0.15, 0.2) is 0 Å². The molecule has 0 saturated carbocycles. The summed E-state index contributed by atoms with van der Waals surface area (Å²) in [6, 6.07) is 0. The molecule has 0 aliphatic heterocycles. The summed E-state index contributed by atoms with van der Waals surface area (Å²) in [5, 5.41) is 3.09. The molecule has 1 unspecified atom stereocenters. The number of nitrogens with one attached hydrogen (secondary N) is 1. The summed E-state index contributed by atoms with van der Waals surface area (Å²) in [6.45, 7) is 4.47. The van der Waals surface area contributed by atoms with Crippen molar-refractivity contribution in [1.82, 2.24) is 5.32 Å². The van der Waals surface area contributed by atoms with Crippen molar-refractivity contribution in [2.24, 2.45) is 5.92 Å². The normalized spacial score (nSPS) is 14.4. The minimum atomic E-state index is -4.21. The lowest BCUT2D eigenvalue weighted by Gasteiger charge is -2.16. The number of ether oxygens (including phenoxy) is 1. The second-order valence-electron chi connectivity index (χ2n) is 3.21. The van der Waals surface area contributed by atoms with E-state index in [1.54, 1.807) is 0 Å². The van der Waals surface area contributed by atoms with Crippen LogP contribution < -0.4 is 5.32 Å². The van der Waals surface area contributed by atoms with Gasteiger partial charge in [-0.3, -0.25) is 0 Å². The quantitative estimate of drug-likeness (QED) is 0.700. The third kappa shape index (κ3) is 8.31. The molecule has 0 bridgehead atoms. The molecule has 1 atom stereocenters. The van der Waals surface area contributed by atoms with Crippen LogP contribution in [0, 0.1) is 5.92 Å². The summed E-state index contributed by atoms with van der Waals surface area (Å²) in [7, 11) is 0. The van der Waals surface area contributed by atoms with E-state index < -0.39 is 12.8 Å². The molecule has 0 aromatic carbocycles. The number of rotatable bonds is 7. The Morgan fingerprint density at radius 1 is 1.29 bits per heavy atom. The van der Waals surface area contributed by atoms with E-state index in [0.29, 0.717) is 6.54 Å². The van der Waals surface area contributed by atoms with Crippen LogP contribution in [0.5, 0.6) is 0 Å². The molecule has 0 saturated heterocycles. The largest absolute Gasteiger partial charge is 0.411 e. The number of alkyl halides is 3. The van der Waals surface area contributed by atoms with E-state index in [-0.39, 0.29) is 12.5 Å². The van der Waals surface area contributed by atoms with Gasteiger partial charge >= 0.3 is 6.18 Å². The van der Waals surface area contributed by atoms with Gasteiger partial charge < -0.3 is 10.1 Å². The van der Waals surface area contributed by atoms with Gasteiger partial charge in [0.15, 0.2) is 0 Å². The van der Waals surface area contributed by atoms with E-state index in [1.165, 1.54) is 0 Å². The predicted molar refractivity (Wildman–Crippen MR) is 49.2 cm³/mol. The molecule has 0 aliphatic rings. The fourth-order valence-electron chi connectivity index (χ4n) is 1.01. The number of hydrogen-bond donors (Lipinski definition) is 1. The first-order valence-corrected chi connectivity index (χ1v) is 4.84. The van der Waals surface area contributed by atoms with Crippen LogP contribution in [0.3, 0.4) is 0 Å². The van der Waals surface area contributed by atoms with Crippen LogP contribution in [-0.2, 0) is 4.74 Å². The Hall–Kier alpha value is -0.290. The average molecular weight is 213 g/mol. The Kier molecular flexibility index (Phi) is 6.92. The Labute approximate surface area is 82.8 Å². The first-order chi connectivity index (χ1) is 6.49. The minimum absolute atomic E-state index is 0.164. The predicted octanol–water partition coefficient (Wildman–Crippen LogP) is 2.20. The molecule has 2 nitrogen and oxygen atoms in total. The van der Waals surface area contributed by atoms with Crippen molar-refractivity contribution in [1.29, 1.82) is 0 Å². The van der Waals surface area contributed by atoms with E-state index in [1.807, 2.05) is 13.8 Å². The average Bonchev–Trinajstić information content (AvgIpc) is 2.09. The van der Waals surface area contributed by atoms with Gasteiger partial charge in [-0.1, -0.05) is 13.8 Å². The van der Waals surface area contributed by atoms with Crippen molar-refractivity contribution in [3.05, 3.63) is 0 Å². The zero-order chi connectivity index (χ0) is 11.0. The van der Waals surface area contributed by atoms with Gasteiger partial charge in [-0.25, -0.2) is 0 Å². The molecule has 0 rings (SSSR count). The van der Waals surface area contributed by atoms with Crippen LogP contribution in [0.25, 0.3) is 0 Å². The van der Waals surface area contributed by atoms with Gasteiger partial charge in [0.05, 0.1) is 6.61 Å². The summed E-state index contributed by atoms with van der Waals surface area (Å²) >= 11 is 0. The van der Waals surface area contributed by atoms with Crippen LogP contribution in [0.4, 0.5) is 13.2 Å². The zero-order valence-corrected chi connectivity index (χ0v) is 8.66. The van der Waals surface area contributed by atoms with E-state index in [2.05, 4.69) is 10.1 Å². The van der Waals surface area contributed by atoms with Crippen LogP contribution in [0.2, 0.25) is 0 Å². The molecule has 0 aliphatic carbocycles. The number of halogens is 3. The van der Waals surface area contributed by atoms with Gasteiger partial charge in [0.25, 0.3) is 0 Å². The van der Waals surface area contributed by atoms with Gasteiger partial charge in [-0.15, -0.1) is 0 Å². The van der Waals surface area contributed by atoms with Crippen LogP contribution >= 0.6 is 0 Å². The third-order valence-corrected chi connectivity index (χ3v) is 1.88. The van der Waals surface area contributed by atoms with Crippen molar-refractivity contribution in [2.75, 3.05) is 26.3 Å². The summed E-state index contributed by atoms with van der Waals surface area (Å²) < 4.78 is 39.7. The lowest BCUT2D eigenvalue weighted by molar-refractivity contribution is -0.176. The Bertz CT molecular complexity index is 139. The van der Waals surface area contributed by atoms with Gasteiger partial charge in [0, 0.05) is 6.54 Å². The summed E-state index contributed by atoms with van der Waals surface area (Å²) in [5.74, 6) is 0.164. The second kappa shape index (κ2) is 7.06. The topological polar surface area (TPSA) is 21.3 Å². The highest BCUT2D eigenvalue weighted by Crippen LogP contribution is 2.15. The SMILES string of the molecule is CCNCC(CC)COCC(F)(F)F. The smallest absolute Gasteiger partial charge is 0.372 e. The molecule has 0 heterocycles. The standard InChI is InChI=1S/C9H18F3NO/c1-3-8(5-13-4-2)6-14-7-9(10,11)12/h8,13H,3-7H2,1-2H3. The van der Waals surface area contributed by atoms with Gasteiger partial charge in [-0.05, 0) is 18.9 Å². The molecule has 1 N–H and O–H groups in total. The van der Waals surface area contributed by atoms with Gasteiger partial charge in [-0.2, -0.15) is 13.2 Å². The van der Waals surface area contributed by atoms with Crippen molar-refractivity contribution >= 4 is 0 Å². The van der Waals surface area contributed by atoms with Crippen molar-refractivity contribution in [3.63, 3.8) is 0 Å². The Morgan fingerprint density at radius 2 is 1.93 bits per heavy atom. The van der Waals surface area contributed by atoms with Crippen molar-refractivity contribution in [2.45, 2.75) is 26.4 Å². The molecule has 0 amide bonds. The molecule has 86 valence electrons. The molecular weight excluding hydrogens is 195 g/mol. The lowest BCUT2D eigenvalue weighted by atomic mass is 10.1. The molecule has 0 aromatic heterocycles. The molecule has 0 spiro atoms. The molecular formula is C9H18F3NO. The fraction of sp³-hybridized carbons (Fsp3) is 1.00. The monoisotopic (exact) mass is 213 g/mol. The minimum Gasteiger partial charge on any atom is -0.372 e. The maximum atomic E-state index is 11.7. The highest BCUT2D eigenvalue weighted by Gasteiger charge is 2.27. The Morgan fingerprint density at radius 3 is 2.36 bits per heavy atom. The van der Waals surface area contributed by atoms with Crippen LogP contribution in [0.1, 0.15) is 20.3 Å². The fourth-order valence-corrected chi connectivity index (χ4v) is 1.01. The maximum absolute atomic E-state index is 11.7.